The molecule has 0 heterocycles. The second-order valence-electron chi connectivity index (χ2n) is 2.54. The third-order valence-corrected chi connectivity index (χ3v) is 1.73. The molecule has 4 heteroatoms. The van der Waals surface area contributed by atoms with Crippen LogP contribution in [0.5, 0.6) is 0 Å². The molecule has 0 amide bonds. The Kier molecular flexibility index (Phi) is 9.47. The fourth-order valence-electron chi connectivity index (χ4n) is 0.909. The van der Waals surface area contributed by atoms with Crippen molar-refractivity contribution in [2.24, 2.45) is 0 Å². The second kappa shape index (κ2) is 7.43. The molecule has 0 bridgehead atoms. The third kappa shape index (κ3) is 4.96. The van der Waals surface area contributed by atoms with E-state index >= 15 is 0 Å². The van der Waals surface area contributed by atoms with Gasteiger partial charge in [0.1, 0.15) is 0 Å². The Balaban J connectivity index is 0. The van der Waals surface area contributed by atoms with E-state index in [1.54, 1.807) is 31.2 Å². The zero-order chi connectivity index (χ0) is 8.32. The maximum absolute atomic E-state index is 9.35. The molecular formula is C9H12Na2O2. The molecule has 0 aliphatic heterocycles. The Morgan fingerprint density at radius 1 is 1.08 bits per heavy atom. The summed E-state index contributed by atoms with van der Waals surface area (Å²) < 4.78 is 0. The number of benzene rings is 1. The van der Waals surface area contributed by atoms with Crippen molar-refractivity contribution >= 4 is 59.1 Å². The standard InChI is InChI=1S/C9H12O2.2Na/c1-2-9(10,11)8-6-4-3-5-7-8;;/h3-7,10-11H,2H2,1H3;;. The topological polar surface area (TPSA) is 40.5 Å². The molecule has 0 aromatic heterocycles. The molecule has 13 heavy (non-hydrogen) atoms. The van der Waals surface area contributed by atoms with Gasteiger partial charge in [0.05, 0.1) is 0 Å². The Morgan fingerprint density at radius 3 is 1.92 bits per heavy atom. The van der Waals surface area contributed by atoms with E-state index in [2.05, 4.69) is 0 Å². The van der Waals surface area contributed by atoms with Crippen molar-refractivity contribution in [2.45, 2.75) is 19.1 Å². The summed E-state index contributed by atoms with van der Waals surface area (Å²) in [4.78, 5) is 0. The molecule has 0 aliphatic rings. The molecule has 0 spiro atoms. The summed E-state index contributed by atoms with van der Waals surface area (Å²) in [6.45, 7) is 1.73. The van der Waals surface area contributed by atoms with Crippen LogP contribution in [-0.2, 0) is 5.79 Å². The van der Waals surface area contributed by atoms with Crippen LogP contribution in [0.1, 0.15) is 18.9 Å². The summed E-state index contributed by atoms with van der Waals surface area (Å²) >= 11 is 0. The number of hydrogen-bond acceptors (Lipinski definition) is 2. The predicted octanol–water partition coefficient (Wildman–Crippen LogP) is 0.472. The van der Waals surface area contributed by atoms with Gasteiger partial charge in [-0.1, -0.05) is 37.3 Å². The molecular weight excluding hydrogens is 186 g/mol. The Labute approximate surface area is 123 Å². The Hall–Kier alpha value is 1.14. The second-order valence-corrected chi connectivity index (χ2v) is 2.54. The molecule has 62 valence electrons. The SMILES string of the molecule is CCC(O)(O)c1ccccc1.[Na].[Na]. The molecule has 2 nitrogen and oxygen atoms in total. The van der Waals surface area contributed by atoms with Gasteiger partial charge in [0.2, 0.25) is 0 Å². The van der Waals surface area contributed by atoms with Gasteiger partial charge in [-0.05, 0) is 0 Å². The van der Waals surface area contributed by atoms with Gasteiger partial charge in [-0.2, -0.15) is 0 Å². The van der Waals surface area contributed by atoms with Crippen LogP contribution in [0.25, 0.3) is 0 Å². The molecule has 0 saturated heterocycles. The quantitative estimate of drug-likeness (QED) is 0.535. The molecule has 0 saturated carbocycles. The summed E-state index contributed by atoms with van der Waals surface area (Å²) in [6.07, 6.45) is 0.303. The van der Waals surface area contributed by atoms with E-state index in [1.165, 1.54) is 0 Å². The first-order valence-electron chi connectivity index (χ1n) is 3.67. The zero-order valence-corrected chi connectivity index (χ0v) is 12.5. The van der Waals surface area contributed by atoms with Gasteiger partial charge >= 0.3 is 0 Å². The fourth-order valence-corrected chi connectivity index (χ4v) is 0.909. The van der Waals surface area contributed by atoms with E-state index in [9.17, 15) is 10.2 Å². The van der Waals surface area contributed by atoms with E-state index in [0.717, 1.165) is 0 Å². The van der Waals surface area contributed by atoms with Crippen LogP contribution in [0.3, 0.4) is 0 Å². The van der Waals surface area contributed by atoms with Crippen LogP contribution in [-0.4, -0.2) is 69.3 Å². The summed E-state index contributed by atoms with van der Waals surface area (Å²) in [7, 11) is 0. The maximum Gasteiger partial charge on any atom is 0.189 e. The summed E-state index contributed by atoms with van der Waals surface area (Å²) in [5.74, 6) is -1.67. The molecule has 0 aliphatic carbocycles. The number of hydrogen-bond donors (Lipinski definition) is 2. The van der Waals surface area contributed by atoms with Crippen molar-refractivity contribution in [3.8, 4) is 0 Å². The van der Waals surface area contributed by atoms with Crippen LogP contribution < -0.4 is 0 Å². The minimum atomic E-state index is -1.67. The summed E-state index contributed by atoms with van der Waals surface area (Å²) in [5, 5.41) is 18.7. The van der Waals surface area contributed by atoms with Crippen LogP contribution in [0.15, 0.2) is 30.3 Å². The minimum absolute atomic E-state index is 0. The monoisotopic (exact) mass is 198 g/mol. The molecule has 0 unspecified atom stereocenters. The zero-order valence-electron chi connectivity index (χ0n) is 8.49. The van der Waals surface area contributed by atoms with Gasteiger partial charge in [0.25, 0.3) is 0 Å². The van der Waals surface area contributed by atoms with Crippen LogP contribution in [0.2, 0.25) is 0 Å². The van der Waals surface area contributed by atoms with Crippen molar-refractivity contribution in [3.05, 3.63) is 35.9 Å². The summed E-state index contributed by atoms with van der Waals surface area (Å²) in [5.41, 5.74) is 0.544. The van der Waals surface area contributed by atoms with Gasteiger partial charge in [-0.15, -0.1) is 0 Å². The van der Waals surface area contributed by atoms with Crippen molar-refractivity contribution in [1.82, 2.24) is 0 Å². The number of aliphatic hydroxyl groups is 2. The van der Waals surface area contributed by atoms with Gasteiger partial charge < -0.3 is 10.2 Å². The molecule has 0 fully saturated rings. The summed E-state index contributed by atoms with van der Waals surface area (Å²) in [6, 6.07) is 8.81. The van der Waals surface area contributed by atoms with Crippen LogP contribution >= 0.6 is 0 Å². The van der Waals surface area contributed by atoms with E-state index < -0.39 is 5.79 Å². The van der Waals surface area contributed by atoms with Crippen molar-refractivity contribution < 1.29 is 10.2 Å². The van der Waals surface area contributed by atoms with Crippen molar-refractivity contribution in [2.75, 3.05) is 0 Å². The maximum atomic E-state index is 9.35. The molecule has 1 rings (SSSR count). The minimum Gasteiger partial charge on any atom is -0.362 e. The van der Waals surface area contributed by atoms with Crippen LogP contribution in [0.4, 0.5) is 0 Å². The Morgan fingerprint density at radius 2 is 1.54 bits per heavy atom. The van der Waals surface area contributed by atoms with Gasteiger partial charge in [-0.3, -0.25) is 0 Å². The Bertz CT molecular complexity index is 224. The van der Waals surface area contributed by atoms with Crippen molar-refractivity contribution in [3.63, 3.8) is 0 Å². The fraction of sp³-hybridized carbons (Fsp3) is 0.333. The van der Waals surface area contributed by atoms with Gasteiger partial charge in [0, 0.05) is 71.1 Å². The smallest absolute Gasteiger partial charge is 0.189 e. The molecule has 0 atom stereocenters. The molecule has 1 aromatic rings. The van der Waals surface area contributed by atoms with Crippen molar-refractivity contribution in [1.29, 1.82) is 0 Å². The molecule has 2 radical (unpaired) electrons. The average molecular weight is 198 g/mol. The first-order valence-corrected chi connectivity index (χ1v) is 3.67. The van der Waals surface area contributed by atoms with E-state index in [1.807, 2.05) is 6.07 Å². The van der Waals surface area contributed by atoms with E-state index in [-0.39, 0.29) is 59.1 Å². The van der Waals surface area contributed by atoms with E-state index in [0.29, 0.717) is 12.0 Å². The van der Waals surface area contributed by atoms with Crippen LogP contribution in [0, 0.1) is 0 Å². The van der Waals surface area contributed by atoms with E-state index in [4.69, 9.17) is 0 Å². The molecule has 1 aromatic carbocycles. The van der Waals surface area contributed by atoms with Gasteiger partial charge in [-0.25, -0.2) is 0 Å². The predicted molar refractivity (Wildman–Crippen MR) is 54.4 cm³/mol. The molecule has 2 N–H and O–H groups in total. The van der Waals surface area contributed by atoms with Gasteiger partial charge in [0.15, 0.2) is 5.79 Å². The first kappa shape index (κ1) is 16.6. The average Bonchev–Trinajstić information content (AvgIpc) is 2.06. The normalized spacial score (nSPS) is 9.77. The largest absolute Gasteiger partial charge is 0.362 e. The first-order chi connectivity index (χ1) is 5.17. The third-order valence-electron chi connectivity index (χ3n) is 1.73. The number of rotatable bonds is 2.